The van der Waals surface area contributed by atoms with Crippen molar-refractivity contribution in [1.29, 1.82) is 0 Å². The van der Waals surface area contributed by atoms with Crippen molar-refractivity contribution in [2.24, 2.45) is 0 Å². The summed E-state index contributed by atoms with van der Waals surface area (Å²) in [7, 11) is 0. The average molecular weight is 1030 g/mol. The molecule has 5 heterocycles. The topological polar surface area (TPSA) is 526 Å². The molecule has 0 bridgehead atoms. The molecule has 0 spiro atoms. The Morgan fingerprint density at radius 3 is 1.31 bits per heavy atom. The smallest absolute Gasteiger partial charge is 0.217 e. The van der Waals surface area contributed by atoms with Gasteiger partial charge < -0.3 is 155 Å². The van der Waals surface area contributed by atoms with Crippen molar-refractivity contribution >= 4 is 5.91 Å². The average Bonchev–Trinajstić information content (AvgIpc) is 3.34. The third-order valence-electron chi connectivity index (χ3n) is 12.5. The van der Waals surface area contributed by atoms with Crippen molar-refractivity contribution in [3.05, 3.63) is 0 Å². The van der Waals surface area contributed by atoms with Crippen LogP contribution in [0.5, 0.6) is 0 Å². The minimum absolute atomic E-state index is 0.844. The largest absolute Gasteiger partial charge is 0.394 e. The van der Waals surface area contributed by atoms with Crippen LogP contribution in [-0.2, 0) is 52.2 Å². The summed E-state index contributed by atoms with van der Waals surface area (Å²) in [5.41, 5.74) is 0. The summed E-state index contributed by atoms with van der Waals surface area (Å²) in [6.45, 7) is -6.01. The zero-order valence-corrected chi connectivity index (χ0v) is 37.1. The number of carbonyl (C=O) groups is 1. The Morgan fingerprint density at radius 1 is 0.457 bits per heavy atom. The standard InChI is InChI=1S/C38H67NO31/c1-9(46)39-17-23(54)31(68-37-28(59)32(21(52)14(6-44)64-37)69-35-26(57)24(55)19(50)12(4-42)62-35)15(7-45)65-34(17)61-8-16-22(53)33(70-36-27(58)25(56)20(51)13(5-43)63-36)29(60)38(66-16)67-30(11(48)3-41)18(49)10(47)2-40/h10-38,40-45,47-60H,2-8H2,1H3,(H,39,46)/t10-,11+,12+,13+,14+,15+,16+,17+,18+,19-,20-,21-,22-,23+,24-,25-,26+,27+,28+,29+,30+,31+,32-,33-,34+,35-,36-,37-,38-/m0/s1. The molecule has 5 saturated heterocycles. The van der Waals surface area contributed by atoms with Gasteiger partial charge in [-0.3, -0.25) is 4.79 Å². The van der Waals surface area contributed by atoms with Gasteiger partial charge in [-0.05, 0) is 0 Å². The number of aliphatic hydroxyl groups excluding tert-OH is 20. The molecule has 29 atom stereocenters. The molecule has 32 nitrogen and oxygen atoms in total. The van der Waals surface area contributed by atoms with Crippen LogP contribution in [0.4, 0.5) is 0 Å². The monoisotopic (exact) mass is 1030 g/mol. The molecule has 0 unspecified atom stereocenters. The van der Waals surface area contributed by atoms with E-state index in [0.717, 1.165) is 6.92 Å². The van der Waals surface area contributed by atoms with Crippen molar-refractivity contribution in [2.75, 3.05) is 46.2 Å². The van der Waals surface area contributed by atoms with Gasteiger partial charge in [0.2, 0.25) is 5.91 Å². The molecule has 410 valence electrons. The molecular weight excluding hydrogens is 966 g/mol. The second kappa shape index (κ2) is 26.2. The maximum Gasteiger partial charge on any atom is 0.217 e. The fourth-order valence-corrected chi connectivity index (χ4v) is 8.40. The first-order valence-corrected chi connectivity index (χ1v) is 22.0. The number of carbonyl (C=O) groups excluding carboxylic acids is 1. The van der Waals surface area contributed by atoms with Gasteiger partial charge in [-0.1, -0.05) is 0 Å². The number of aliphatic hydroxyl groups is 20. The van der Waals surface area contributed by atoms with Gasteiger partial charge in [0.1, 0.15) is 146 Å². The van der Waals surface area contributed by atoms with Gasteiger partial charge in [-0.25, -0.2) is 0 Å². The van der Waals surface area contributed by atoms with Crippen LogP contribution in [0.15, 0.2) is 0 Å². The first kappa shape index (κ1) is 59.2. The first-order valence-electron chi connectivity index (χ1n) is 22.0. The molecule has 5 fully saturated rings. The molecule has 5 aliphatic heterocycles. The van der Waals surface area contributed by atoms with Crippen molar-refractivity contribution in [1.82, 2.24) is 5.32 Å². The van der Waals surface area contributed by atoms with Crippen molar-refractivity contribution in [3.63, 3.8) is 0 Å². The summed E-state index contributed by atoms with van der Waals surface area (Å²) in [6, 6.07) is -1.73. The lowest BCUT2D eigenvalue weighted by molar-refractivity contribution is -0.380. The van der Waals surface area contributed by atoms with Gasteiger partial charge in [-0.2, -0.15) is 0 Å². The van der Waals surface area contributed by atoms with Gasteiger partial charge in [-0.15, -0.1) is 0 Å². The SMILES string of the molecule is CC(=O)N[C@H]1[C@H](OC[C@H]2O[C@@H](O[C@@H]([C@H](O)[C@@H](O)CO)[C@H](O)CO)[C@H](O)[C@@H](O[C@@H]3O[C@H](CO)[C@H](O)[C@H](O)[C@H]3O)[C@H]2O)O[C@H](CO)[C@@H](O[C@@H]2O[C@H](CO)[C@H](O)[C@H](O[C@@H]3O[C@H](CO)[C@H](O)[C@H](O)[C@H]3O)[C@H]2O)[C@@H]1O. The third kappa shape index (κ3) is 13.0. The molecule has 0 aromatic rings. The maximum atomic E-state index is 12.5. The predicted molar refractivity (Wildman–Crippen MR) is 213 cm³/mol. The van der Waals surface area contributed by atoms with E-state index in [0.29, 0.717) is 0 Å². The number of hydrogen-bond acceptors (Lipinski definition) is 31. The molecule has 32 heteroatoms. The third-order valence-corrected chi connectivity index (χ3v) is 12.5. The fourth-order valence-electron chi connectivity index (χ4n) is 8.40. The summed E-state index contributed by atoms with van der Waals surface area (Å²) in [6.07, 6.45) is -54.8. The Morgan fingerprint density at radius 2 is 0.857 bits per heavy atom. The van der Waals surface area contributed by atoms with E-state index in [1.54, 1.807) is 0 Å². The van der Waals surface area contributed by atoms with E-state index >= 15 is 0 Å². The Bertz CT molecular complexity index is 1580. The van der Waals surface area contributed by atoms with Crippen LogP contribution in [0.3, 0.4) is 0 Å². The van der Waals surface area contributed by atoms with Crippen LogP contribution >= 0.6 is 0 Å². The Labute approximate surface area is 396 Å². The number of hydrogen-bond donors (Lipinski definition) is 21. The summed E-state index contributed by atoms with van der Waals surface area (Å²) in [5.74, 6) is -0.844. The van der Waals surface area contributed by atoms with Crippen LogP contribution < -0.4 is 5.32 Å². The quantitative estimate of drug-likeness (QED) is 0.0507. The molecule has 0 aromatic carbocycles. The van der Waals surface area contributed by atoms with Crippen LogP contribution in [0.25, 0.3) is 0 Å². The predicted octanol–water partition coefficient (Wildman–Crippen LogP) is -14.3. The Balaban J connectivity index is 1.38. The van der Waals surface area contributed by atoms with Crippen molar-refractivity contribution < 1.29 is 154 Å². The maximum absolute atomic E-state index is 12.5. The van der Waals surface area contributed by atoms with E-state index in [1.165, 1.54) is 0 Å². The number of ether oxygens (including phenoxy) is 10. The summed E-state index contributed by atoms with van der Waals surface area (Å²) in [5, 5.41) is 212. The molecule has 5 rings (SSSR count). The van der Waals surface area contributed by atoms with E-state index in [4.69, 9.17) is 47.4 Å². The van der Waals surface area contributed by atoms with Crippen LogP contribution in [0, 0.1) is 0 Å². The normalized spacial score (nSPS) is 46.7. The van der Waals surface area contributed by atoms with Crippen LogP contribution in [0.1, 0.15) is 6.92 Å². The summed E-state index contributed by atoms with van der Waals surface area (Å²) >= 11 is 0. The van der Waals surface area contributed by atoms with Gasteiger partial charge in [0.05, 0.1) is 46.2 Å². The van der Waals surface area contributed by atoms with Crippen LogP contribution in [-0.4, -0.2) is 332 Å². The van der Waals surface area contributed by atoms with E-state index in [-0.39, 0.29) is 0 Å². The highest BCUT2D eigenvalue weighted by Crippen LogP contribution is 2.35. The van der Waals surface area contributed by atoms with Gasteiger partial charge in [0.25, 0.3) is 0 Å². The molecule has 0 radical (unpaired) electrons. The highest BCUT2D eigenvalue weighted by atomic mass is 16.8. The Kier molecular flexibility index (Phi) is 22.1. The zero-order valence-electron chi connectivity index (χ0n) is 37.1. The van der Waals surface area contributed by atoms with E-state index in [9.17, 15) is 107 Å². The second-order valence-corrected chi connectivity index (χ2v) is 17.3. The van der Waals surface area contributed by atoms with Gasteiger partial charge >= 0.3 is 0 Å². The lowest BCUT2D eigenvalue weighted by Crippen LogP contribution is -2.69. The first-order chi connectivity index (χ1) is 33.1. The summed E-state index contributed by atoms with van der Waals surface area (Å²) < 4.78 is 56.3. The van der Waals surface area contributed by atoms with Gasteiger partial charge in [0.15, 0.2) is 31.5 Å². The minimum Gasteiger partial charge on any atom is -0.394 e. The van der Waals surface area contributed by atoms with Gasteiger partial charge in [0, 0.05) is 6.92 Å². The molecule has 1 amide bonds. The molecule has 21 N–H and O–H groups in total. The molecule has 70 heavy (non-hydrogen) atoms. The van der Waals surface area contributed by atoms with E-state index in [2.05, 4.69) is 5.32 Å². The number of amides is 1. The molecule has 0 aliphatic carbocycles. The van der Waals surface area contributed by atoms with E-state index in [1.807, 2.05) is 0 Å². The highest BCUT2D eigenvalue weighted by Gasteiger charge is 2.56. The molecule has 0 saturated carbocycles. The molecule has 5 aliphatic rings. The second-order valence-electron chi connectivity index (χ2n) is 17.3. The van der Waals surface area contributed by atoms with E-state index < -0.39 is 230 Å². The Hall–Kier alpha value is -1.73. The molecule has 0 aromatic heterocycles. The minimum atomic E-state index is -2.26. The summed E-state index contributed by atoms with van der Waals surface area (Å²) in [4.78, 5) is 12.5. The van der Waals surface area contributed by atoms with Crippen molar-refractivity contribution in [2.45, 2.75) is 185 Å². The van der Waals surface area contributed by atoms with Crippen molar-refractivity contribution in [3.8, 4) is 0 Å². The number of rotatable bonds is 21. The fraction of sp³-hybridized carbons (Fsp3) is 0.974. The lowest BCUT2D eigenvalue weighted by atomic mass is 9.95. The zero-order chi connectivity index (χ0) is 52.0. The highest BCUT2D eigenvalue weighted by molar-refractivity contribution is 5.73. The lowest BCUT2D eigenvalue weighted by Gasteiger charge is -2.49. The molecular formula is C38H67NO31. The number of nitrogens with one attached hydrogen (secondary N) is 1. The van der Waals surface area contributed by atoms with Crippen LogP contribution in [0.2, 0.25) is 0 Å².